The van der Waals surface area contributed by atoms with Gasteiger partial charge in [-0.15, -0.1) is 22.7 Å². The molecule has 0 saturated carbocycles. The smallest absolute Gasteiger partial charge is 0.146 e. The lowest BCUT2D eigenvalue weighted by molar-refractivity contribution is 0.0331. The summed E-state index contributed by atoms with van der Waals surface area (Å²) in [5.74, 6) is 1.67. The number of benzene rings is 1. The number of hydrogen-bond donors (Lipinski definition) is 3. The number of aliphatic hydroxyl groups excluding tert-OH is 1. The Morgan fingerprint density at radius 3 is 2.64 bits per heavy atom. The lowest BCUT2D eigenvalue weighted by Crippen LogP contribution is -2.36. The topological polar surface area (TPSA) is 90.7 Å². The van der Waals surface area contributed by atoms with Gasteiger partial charge in [-0.2, -0.15) is 0 Å². The van der Waals surface area contributed by atoms with Gasteiger partial charge >= 0.3 is 0 Å². The van der Waals surface area contributed by atoms with Crippen molar-refractivity contribution in [2.24, 2.45) is 0 Å². The number of thiophene rings is 2. The zero-order chi connectivity index (χ0) is 22.8. The highest BCUT2D eigenvalue weighted by atomic mass is 32.1. The van der Waals surface area contributed by atoms with Crippen LogP contribution in [-0.4, -0.2) is 57.4 Å². The van der Waals surface area contributed by atoms with Crippen molar-refractivity contribution < 1.29 is 14.9 Å². The molecule has 0 radical (unpaired) electrons. The fraction of sp³-hybridized carbons (Fsp3) is 0.333. The summed E-state index contributed by atoms with van der Waals surface area (Å²) in [6, 6.07) is 10.5. The van der Waals surface area contributed by atoms with E-state index in [1.807, 2.05) is 13.0 Å². The lowest BCUT2D eigenvalue weighted by Gasteiger charge is -2.26. The molecule has 4 aromatic rings. The molecule has 4 heterocycles. The molecule has 1 aliphatic rings. The molecule has 3 aromatic heterocycles. The van der Waals surface area contributed by atoms with E-state index in [9.17, 15) is 10.2 Å². The van der Waals surface area contributed by atoms with Crippen LogP contribution < -0.4 is 5.32 Å². The number of phenolic OH excluding ortho intramolecular Hbond substituents is 1. The van der Waals surface area contributed by atoms with Crippen molar-refractivity contribution in [3.05, 3.63) is 58.5 Å². The monoisotopic (exact) mass is 482 g/mol. The van der Waals surface area contributed by atoms with E-state index in [4.69, 9.17) is 14.7 Å². The number of hydrogen-bond acceptors (Lipinski definition) is 9. The number of rotatable bonds is 7. The second-order valence-electron chi connectivity index (χ2n) is 8.15. The van der Waals surface area contributed by atoms with Crippen LogP contribution in [0.4, 0.5) is 5.82 Å². The van der Waals surface area contributed by atoms with Crippen molar-refractivity contribution in [3.63, 3.8) is 0 Å². The Morgan fingerprint density at radius 1 is 1.12 bits per heavy atom. The van der Waals surface area contributed by atoms with Crippen molar-refractivity contribution in [1.29, 1.82) is 0 Å². The van der Waals surface area contributed by atoms with E-state index in [1.165, 1.54) is 4.88 Å². The third-order valence-corrected chi connectivity index (χ3v) is 7.58. The van der Waals surface area contributed by atoms with Crippen LogP contribution in [0.3, 0.4) is 0 Å². The van der Waals surface area contributed by atoms with Gasteiger partial charge in [0.25, 0.3) is 0 Å². The van der Waals surface area contributed by atoms with Gasteiger partial charge in [-0.25, -0.2) is 9.97 Å². The molecular formula is C24H26N4O3S2. The first-order valence-corrected chi connectivity index (χ1v) is 12.7. The summed E-state index contributed by atoms with van der Waals surface area (Å²) >= 11 is 3.31. The van der Waals surface area contributed by atoms with Crippen LogP contribution in [0.2, 0.25) is 0 Å². The quantitative estimate of drug-likeness (QED) is 0.357. The minimum Gasteiger partial charge on any atom is -0.508 e. The number of fused-ring (bicyclic) bond motifs is 1. The second kappa shape index (κ2) is 9.74. The number of anilines is 1. The van der Waals surface area contributed by atoms with Crippen molar-refractivity contribution in [2.75, 3.05) is 31.6 Å². The van der Waals surface area contributed by atoms with Gasteiger partial charge in [-0.05, 0) is 36.1 Å². The maximum atomic E-state index is 10.9. The number of aromatic hydroxyl groups is 1. The van der Waals surface area contributed by atoms with Crippen molar-refractivity contribution in [1.82, 2.24) is 14.9 Å². The van der Waals surface area contributed by atoms with Crippen LogP contribution in [0.5, 0.6) is 5.75 Å². The minimum absolute atomic E-state index is 0.177. The molecule has 0 aliphatic carbocycles. The van der Waals surface area contributed by atoms with Crippen LogP contribution in [0.15, 0.2) is 47.2 Å². The molecule has 172 valence electrons. The van der Waals surface area contributed by atoms with Crippen molar-refractivity contribution >= 4 is 38.7 Å². The summed E-state index contributed by atoms with van der Waals surface area (Å²) in [7, 11) is 0. The highest BCUT2D eigenvalue weighted by molar-refractivity contribution is 7.18. The third kappa shape index (κ3) is 4.87. The first kappa shape index (κ1) is 22.2. The number of aromatic nitrogens is 2. The van der Waals surface area contributed by atoms with Gasteiger partial charge in [0, 0.05) is 28.9 Å². The number of aliphatic hydroxyl groups is 1. The Kier molecular flexibility index (Phi) is 6.57. The summed E-state index contributed by atoms with van der Waals surface area (Å²) in [5, 5.41) is 29.2. The first-order chi connectivity index (χ1) is 16.1. The fourth-order valence-electron chi connectivity index (χ4n) is 3.99. The molecule has 1 fully saturated rings. The average molecular weight is 483 g/mol. The maximum Gasteiger partial charge on any atom is 0.146 e. The molecule has 0 amide bonds. The molecule has 5 rings (SSSR count). The molecule has 0 bridgehead atoms. The van der Waals surface area contributed by atoms with E-state index in [0.29, 0.717) is 6.54 Å². The SMILES string of the molecule is CC(Nc1nc(CN2CCOCC2)nc2scc(-c3cccs3)c12)C(O)c1ccc(O)cc1. The number of ether oxygens (including phenoxy) is 1. The fourth-order valence-corrected chi connectivity index (χ4v) is 5.77. The molecule has 9 heteroatoms. The molecule has 7 nitrogen and oxygen atoms in total. The first-order valence-electron chi connectivity index (χ1n) is 10.9. The predicted octanol–water partition coefficient (Wildman–Crippen LogP) is 4.49. The Labute approximate surface area is 200 Å². The second-order valence-corrected chi connectivity index (χ2v) is 9.96. The molecule has 0 spiro atoms. The van der Waals surface area contributed by atoms with Crippen LogP contribution >= 0.6 is 22.7 Å². The predicted molar refractivity (Wildman–Crippen MR) is 133 cm³/mol. The molecule has 2 atom stereocenters. The van der Waals surface area contributed by atoms with Crippen LogP contribution in [0.1, 0.15) is 24.4 Å². The van der Waals surface area contributed by atoms with Crippen molar-refractivity contribution in [2.45, 2.75) is 25.6 Å². The van der Waals surface area contributed by atoms with Crippen molar-refractivity contribution in [3.8, 4) is 16.2 Å². The summed E-state index contributed by atoms with van der Waals surface area (Å²) < 4.78 is 5.47. The molecule has 3 N–H and O–H groups in total. The van der Waals surface area contributed by atoms with E-state index in [2.05, 4.69) is 27.0 Å². The summed E-state index contributed by atoms with van der Waals surface area (Å²) in [6.07, 6.45) is -0.762. The van der Waals surface area contributed by atoms with E-state index >= 15 is 0 Å². The largest absolute Gasteiger partial charge is 0.508 e. The Morgan fingerprint density at radius 2 is 1.91 bits per heavy atom. The van der Waals surface area contributed by atoms with Gasteiger partial charge in [0.2, 0.25) is 0 Å². The van der Waals surface area contributed by atoms with E-state index in [-0.39, 0.29) is 11.8 Å². The Bertz CT molecular complexity index is 1200. The normalized spacial score (nSPS) is 16.7. The van der Waals surface area contributed by atoms with Gasteiger partial charge in [0.1, 0.15) is 22.2 Å². The van der Waals surface area contributed by atoms with Gasteiger partial charge in [0.15, 0.2) is 0 Å². The zero-order valence-corrected chi connectivity index (χ0v) is 19.9. The summed E-state index contributed by atoms with van der Waals surface area (Å²) in [5.41, 5.74) is 1.84. The molecule has 33 heavy (non-hydrogen) atoms. The number of nitrogens with zero attached hydrogens (tertiary/aromatic N) is 3. The van der Waals surface area contributed by atoms with Crippen LogP contribution in [-0.2, 0) is 11.3 Å². The lowest BCUT2D eigenvalue weighted by atomic mass is 10.0. The molecule has 1 aromatic carbocycles. The average Bonchev–Trinajstić information content (AvgIpc) is 3.50. The van der Waals surface area contributed by atoms with Gasteiger partial charge in [-0.3, -0.25) is 4.90 Å². The van der Waals surface area contributed by atoms with Gasteiger partial charge < -0.3 is 20.3 Å². The van der Waals surface area contributed by atoms with Crippen LogP contribution in [0.25, 0.3) is 20.7 Å². The minimum atomic E-state index is -0.762. The highest BCUT2D eigenvalue weighted by Crippen LogP contribution is 2.39. The number of morpholine rings is 1. The highest BCUT2D eigenvalue weighted by Gasteiger charge is 2.22. The summed E-state index contributed by atoms with van der Waals surface area (Å²) in [4.78, 5) is 14.2. The number of nitrogens with one attached hydrogen (secondary N) is 1. The standard InChI is InChI=1S/C24H26N4O3S2/c1-15(22(30)16-4-6-17(29)7-5-16)25-23-21-18(19-3-2-12-32-19)14-33-24(21)27-20(26-23)13-28-8-10-31-11-9-28/h2-7,12,14-15,22,29-30H,8-11,13H2,1H3,(H,25,26,27). The van der Waals surface area contributed by atoms with Crippen LogP contribution in [0, 0.1) is 0 Å². The molecule has 1 saturated heterocycles. The summed E-state index contributed by atoms with van der Waals surface area (Å²) in [6.45, 7) is 5.78. The van der Waals surface area contributed by atoms with Gasteiger partial charge in [-0.1, -0.05) is 18.2 Å². The van der Waals surface area contributed by atoms with Gasteiger partial charge in [0.05, 0.1) is 37.3 Å². The molecule has 2 unspecified atom stereocenters. The Balaban J connectivity index is 1.49. The third-order valence-electron chi connectivity index (χ3n) is 5.81. The van der Waals surface area contributed by atoms with E-state index in [0.717, 1.165) is 59.3 Å². The zero-order valence-electron chi connectivity index (χ0n) is 18.3. The van der Waals surface area contributed by atoms with E-state index < -0.39 is 6.10 Å². The maximum absolute atomic E-state index is 10.9. The number of phenols is 1. The molecular weight excluding hydrogens is 456 g/mol. The van der Waals surface area contributed by atoms with E-state index in [1.54, 1.807) is 46.9 Å². The Hall–Kier alpha value is -2.56. The molecule has 1 aliphatic heterocycles.